The van der Waals surface area contributed by atoms with Gasteiger partial charge in [-0.05, 0) is 49.0 Å². The molecule has 1 aromatic heterocycles. The number of hydrogen-bond acceptors (Lipinski definition) is 4. The lowest BCUT2D eigenvalue weighted by molar-refractivity contribution is 0.0833. The van der Waals surface area contributed by atoms with Crippen LogP contribution in [0.3, 0.4) is 0 Å². The van der Waals surface area contributed by atoms with Crippen LogP contribution >= 0.6 is 11.3 Å². The molecule has 20 heavy (non-hydrogen) atoms. The molecule has 5 heteroatoms. The van der Waals surface area contributed by atoms with E-state index in [4.69, 9.17) is 5.73 Å². The van der Waals surface area contributed by atoms with Crippen molar-refractivity contribution in [1.29, 1.82) is 0 Å². The highest BCUT2D eigenvalue weighted by Crippen LogP contribution is 2.66. The van der Waals surface area contributed by atoms with Crippen molar-refractivity contribution in [2.75, 3.05) is 25.1 Å². The van der Waals surface area contributed by atoms with Gasteiger partial charge < -0.3 is 16.0 Å². The molecular formula is C15H21N3OS. The maximum absolute atomic E-state index is 12.0. The molecule has 0 aliphatic heterocycles. The average molecular weight is 291 g/mol. The van der Waals surface area contributed by atoms with Gasteiger partial charge >= 0.3 is 0 Å². The van der Waals surface area contributed by atoms with E-state index in [1.807, 2.05) is 6.07 Å². The summed E-state index contributed by atoms with van der Waals surface area (Å²) < 4.78 is 0. The van der Waals surface area contributed by atoms with Crippen LogP contribution in [0.1, 0.15) is 28.9 Å². The van der Waals surface area contributed by atoms with Gasteiger partial charge in [0.2, 0.25) is 0 Å². The summed E-state index contributed by atoms with van der Waals surface area (Å²) in [5, 5.41) is 4.70. The maximum Gasteiger partial charge on any atom is 0.265 e. The van der Waals surface area contributed by atoms with E-state index < -0.39 is 0 Å². The smallest absolute Gasteiger partial charge is 0.265 e. The van der Waals surface area contributed by atoms with Crippen LogP contribution in [-0.2, 0) is 0 Å². The summed E-state index contributed by atoms with van der Waals surface area (Å²) in [6, 6.07) is 2.57. The normalized spacial score (nSPS) is 36.8. The van der Waals surface area contributed by atoms with Crippen molar-refractivity contribution in [1.82, 2.24) is 4.90 Å². The summed E-state index contributed by atoms with van der Waals surface area (Å²) in [7, 11) is 3.52. The van der Waals surface area contributed by atoms with Crippen molar-refractivity contribution in [3.8, 4) is 0 Å². The minimum atomic E-state index is -0.00314. The quantitative estimate of drug-likeness (QED) is 0.899. The monoisotopic (exact) mass is 291 g/mol. The summed E-state index contributed by atoms with van der Waals surface area (Å²) in [4.78, 5) is 14.3. The minimum Gasteiger partial charge on any atom is -0.397 e. The van der Waals surface area contributed by atoms with Gasteiger partial charge in [0.15, 0.2) is 0 Å². The molecule has 3 aliphatic carbocycles. The molecule has 3 N–H and O–H groups in total. The highest BCUT2D eigenvalue weighted by atomic mass is 32.1. The second-order valence-corrected chi connectivity index (χ2v) is 7.80. The standard InChI is InChI=1S/C15H21N3OS/c1-18(2)15(19)14-9(16)6-10(20-14)17-13-11-7-3-4-8(5-7)12(11)13/h6-8,11-13,17H,3-5,16H2,1-2H3. The molecular weight excluding hydrogens is 270 g/mol. The van der Waals surface area contributed by atoms with Crippen LogP contribution in [0, 0.1) is 23.7 Å². The lowest BCUT2D eigenvalue weighted by Crippen LogP contribution is -2.21. The van der Waals surface area contributed by atoms with Crippen molar-refractivity contribution in [2.45, 2.75) is 25.3 Å². The van der Waals surface area contributed by atoms with Crippen molar-refractivity contribution in [2.24, 2.45) is 23.7 Å². The lowest BCUT2D eigenvalue weighted by atomic mass is 10.0. The number of carbonyl (C=O) groups excluding carboxylic acids is 1. The fourth-order valence-electron chi connectivity index (χ4n) is 4.53. The van der Waals surface area contributed by atoms with Crippen molar-refractivity contribution < 1.29 is 4.79 Å². The number of amides is 1. The molecule has 1 aromatic rings. The van der Waals surface area contributed by atoms with Crippen LogP contribution in [0.4, 0.5) is 10.7 Å². The zero-order chi connectivity index (χ0) is 14.0. The van der Waals surface area contributed by atoms with Gasteiger partial charge in [0, 0.05) is 20.1 Å². The third kappa shape index (κ3) is 1.68. The van der Waals surface area contributed by atoms with Crippen LogP contribution < -0.4 is 11.1 Å². The first kappa shape index (κ1) is 12.5. The van der Waals surface area contributed by atoms with E-state index in [2.05, 4.69) is 5.32 Å². The van der Waals surface area contributed by atoms with Crippen LogP contribution in [0.2, 0.25) is 0 Å². The molecule has 0 spiro atoms. The Balaban J connectivity index is 1.48. The third-order valence-electron chi connectivity index (χ3n) is 5.41. The number of nitrogens with two attached hydrogens (primary N) is 1. The fraction of sp³-hybridized carbons (Fsp3) is 0.667. The highest BCUT2D eigenvalue weighted by Gasteiger charge is 2.65. The zero-order valence-corrected chi connectivity index (χ0v) is 12.7. The molecule has 3 fully saturated rings. The van der Waals surface area contributed by atoms with Gasteiger partial charge in [0.1, 0.15) is 4.88 Å². The van der Waals surface area contributed by atoms with E-state index in [9.17, 15) is 4.79 Å². The van der Waals surface area contributed by atoms with E-state index >= 15 is 0 Å². The molecule has 108 valence electrons. The number of nitrogen functional groups attached to an aromatic ring is 1. The Morgan fingerprint density at radius 2 is 2.00 bits per heavy atom. The molecule has 1 heterocycles. The van der Waals surface area contributed by atoms with Gasteiger partial charge in [-0.25, -0.2) is 0 Å². The van der Waals surface area contributed by atoms with Gasteiger partial charge in [-0.2, -0.15) is 0 Å². The van der Waals surface area contributed by atoms with E-state index in [0.717, 1.165) is 28.7 Å². The molecule has 4 rings (SSSR count). The lowest BCUT2D eigenvalue weighted by Gasteiger charge is -2.10. The van der Waals surface area contributed by atoms with Crippen LogP contribution in [0.15, 0.2) is 6.07 Å². The molecule has 0 saturated heterocycles. The Kier molecular flexibility index (Phi) is 2.58. The number of fused-ring (bicyclic) bond motifs is 5. The molecule has 4 unspecified atom stereocenters. The fourth-order valence-corrected chi connectivity index (χ4v) is 5.58. The SMILES string of the molecule is CN(C)C(=O)c1sc(NC2C3C4CCC(C4)C23)cc1N. The number of hydrogen-bond donors (Lipinski definition) is 2. The van der Waals surface area contributed by atoms with Gasteiger partial charge in [-0.15, -0.1) is 11.3 Å². The van der Waals surface area contributed by atoms with E-state index in [0.29, 0.717) is 16.6 Å². The van der Waals surface area contributed by atoms with Crippen molar-refractivity contribution in [3.05, 3.63) is 10.9 Å². The van der Waals surface area contributed by atoms with Crippen LogP contribution in [0.25, 0.3) is 0 Å². The highest BCUT2D eigenvalue weighted by molar-refractivity contribution is 7.18. The first-order valence-electron chi connectivity index (χ1n) is 7.43. The number of rotatable bonds is 3. The van der Waals surface area contributed by atoms with Gasteiger partial charge in [-0.1, -0.05) is 0 Å². The molecule has 2 bridgehead atoms. The Labute approximate surface area is 123 Å². The molecule has 1 amide bonds. The summed E-state index contributed by atoms with van der Waals surface area (Å²) in [6.07, 6.45) is 4.33. The van der Waals surface area contributed by atoms with Crippen LogP contribution in [-0.4, -0.2) is 30.9 Å². The maximum atomic E-state index is 12.0. The van der Waals surface area contributed by atoms with E-state index in [1.165, 1.54) is 30.6 Å². The second kappa shape index (κ2) is 4.13. The largest absolute Gasteiger partial charge is 0.397 e. The summed E-state index contributed by atoms with van der Waals surface area (Å²) in [5.74, 6) is 3.71. The third-order valence-corrected chi connectivity index (χ3v) is 6.48. The topological polar surface area (TPSA) is 58.4 Å². The van der Waals surface area contributed by atoms with E-state index in [1.54, 1.807) is 19.0 Å². The molecule has 3 saturated carbocycles. The first-order valence-corrected chi connectivity index (χ1v) is 8.25. The van der Waals surface area contributed by atoms with Gasteiger partial charge in [-0.3, -0.25) is 4.79 Å². The Morgan fingerprint density at radius 3 is 2.60 bits per heavy atom. The predicted octanol–water partition coefficient (Wildman–Crippen LogP) is 2.49. The number of nitrogens with zero attached hydrogens (tertiary/aromatic N) is 1. The van der Waals surface area contributed by atoms with Crippen molar-refractivity contribution in [3.63, 3.8) is 0 Å². The average Bonchev–Trinajstić information content (AvgIpc) is 2.79. The predicted molar refractivity (Wildman–Crippen MR) is 82.0 cm³/mol. The first-order chi connectivity index (χ1) is 9.56. The molecule has 4 nitrogen and oxygen atoms in total. The van der Waals surface area contributed by atoms with Crippen LogP contribution in [0.5, 0.6) is 0 Å². The van der Waals surface area contributed by atoms with E-state index in [-0.39, 0.29) is 5.91 Å². The Bertz CT molecular complexity index is 551. The van der Waals surface area contributed by atoms with Crippen molar-refractivity contribution >= 4 is 27.9 Å². The Morgan fingerprint density at radius 1 is 1.35 bits per heavy atom. The molecule has 3 aliphatic rings. The molecule has 4 atom stereocenters. The minimum absolute atomic E-state index is 0.00314. The Hall–Kier alpha value is -1.23. The van der Waals surface area contributed by atoms with Gasteiger partial charge in [0.25, 0.3) is 5.91 Å². The number of nitrogens with one attached hydrogen (secondary N) is 1. The number of carbonyl (C=O) groups is 1. The number of thiophene rings is 1. The number of anilines is 2. The molecule has 0 aromatic carbocycles. The summed E-state index contributed by atoms with van der Waals surface area (Å²) in [6.45, 7) is 0. The second-order valence-electron chi connectivity index (χ2n) is 6.75. The van der Waals surface area contributed by atoms with Gasteiger partial charge in [0.05, 0.1) is 10.7 Å². The zero-order valence-electron chi connectivity index (χ0n) is 11.9. The molecule has 0 radical (unpaired) electrons. The summed E-state index contributed by atoms with van der Waals surface area (Å²) in [5.41, 5.74) is 6.58. The summed E-state index contributed by atoms with van der Waals surface area (Å²) >= 11 is 1.50.